The molecule has 0 amide bonds. The van der Waals surface area contributed by atoms with Gasteiger partial charge in [0.25, 0.3) is 0 Å². The number of likely N-dealkylation sites (tertiary alicyclic amines) is 1. The molecule has 2 saturated heterocycles. The highest BCUT2D eigenvalue weighted by molar-refractivity contribution is 4.86. The Hall–Kier alpha value is -0.160. The number of hydrogen-bond donors (Lipinski definition) is 2. The van der Waals surface area contributed by atoms with Crippen LogP contribution in [0, 0.1) is 5.92 Å². The summed E-state index contributed by atoms with van der Waals surface area (Å²) in [5.41, 5.74) is 0. The Morgan fingerprint density at radius 3 is 3.00 bits per heavy atom. The van der Waals surface area contributed by atoms with Crippen LogP contribution < -0.4 is 10.6 Å². The number of nitrogens with zero attached hydrogens (tertiary/aromatic N) is 1. The van der Waals surface area contributed by atoms with Gasteiger partial charge in [0.2, 0.25) is 0 Å². The summed E-state index contributed by atoms with van der Waals surface area (Å²) in [6.45, 7) is 5.36. The van der Waals surface area contributed by atoms with Gasteiger partial charge in [-0.1, -0.05) is 0 Å². The Balaban J connectivity index is 1.80. The fraction of sp³-hybridized carbons (Fsp3) is 1.00. The van der Waals surface area contributed by atoms with E-state index in [0.29, 0.717) is 12.1 Å². The lowest BCUT2D eigenvalue weighted by Crippen LogP contribution is -2.45. The van der Waals surface area contributed by atoms with Crippen molar-refractivity contribution in [2.45, 2.75) is 25.0 Å². The number of nitrogens with one attached hydrogen (secondary N) is 2. The van der Waals surface area contributed by atoms with Crippen LogP contribution in [0.1, 0.15) is 12.8 Å². The maximum atomic E-state index is 5.78. The summed E-state index contributed by atoms with van der Waals surface area (Å²) < 4.78 is 5.78. The van der Waals surface area contributed by atoms with Crippen LogP contribution in [-0.4, -0.2) is 63.9 Å². The molecular formula is C12H25N3O. The van der Waals surface area contributed by atoms with Gasteiger partial charge in [-0.2, -0.15) is 0 Å². The van der Waals surface area contributed by atoms with Crippen LogP contribution in [0.25, 0.3) is 0 Å². The molecular weight excluding hydrogens is 202 g/mol. The topological polar surface area (TPSA) is 36.5 Å². The van der Waals surface area contributed by atoms with Crippen molar-refractivity contribution in [3.63, 3.8) is 0 Å². The molecule has 94 valence electrons. The predicted molar refractivity (Wildman–Crippen MR) is 65.7 cm³/mol. The fourth-order valence-electron chi connectivity index (χ4n) is 2.90. The SMILES string of the molecule is CNC(CC1CNCCO1)C1CCN(C)C1. The minimum atomic E-state index is 0.400. The first-order chi connectivity index (χ1) is 7.79. The highest BCUT2D eigenvalue weighted by Gasteiger charge is 2.29. The normalized spacial score (nSPS) is 34.1. The molecule has 0 aromatic carbocycles. The van der Waals surface area contributed by atoms with Gasteiger partial charge < -0.3 is 20.3 Å². The Bertz CT molecular complexity index is 206. The van der Waals surface area contributed by atoms with Gasteiger partial charge in [0.15, 0.2) is 0 Å². The lowest BCUT2D eigenvalue weighted by molar-refractivity contribution is 0.0139. The van der Waals surface area contributed by atoms with E-state index in [0.717, 1.165) is 32.0 Å². The Morgan fingerprint density at radius 1 is 1.56 bits per heavy atom. The Kier molecular flexibility index (Phi) is 4.58. The largest absolute Gasteiger partial charge is 0.376 e. The van der Waals surface area contributed by atoms with E-state index in [4.69, 9.17) is 4.74 Å². The maximum absolute atomic E-state index is 5.78. The van der Waals surface area contributed by atoms with Gasteiger partial charge in [-0.3, -0.25) is 0 Å². The molecule has 3 unspecified atom stereocenters. The van der Waals surface area contributed by atoms with Crippen molar-refractivity contribution < 1.29 is 4.74 Å². The van der Waals surface area contributed by atoms with Crippen molar-refractivity contribution >= 4 is 0 Å². The summed E-state index contributed by atoms with van der Waals surface area (Å²) in [5.74, 6) is 0.792. The third-order valence-electron chi connectivity index (χ3n) is 3.89. The van der Waals surface area contributed by atoms with Crippen molar-refractivity contribution in [1.82, 2.24) is 15.5 Å². The summed E-state index contributed by atoms with van der Waals surface area (Å²) >= 11 is 0. The molecule has 0 bridgehead atoms. The van der Waals surface area contributed by atoms with Gasteiger partial charge >= 0.3 is 0 Å². The smallest absolute Gasteiger partial charge is 0.0715 e. The van der Waals surface area contributed by atoms with E-state index in [1.54, 1.807) is 0 Å². The summed E-state index contributed by atoms with van der Waals surface area (Å²) in [4.78, 5) is 2.43. The number of morpholine rings is 1. The van der Waals surface area contributed by atoms with Gasteiger partial charge in [0.1, 0.15) is 0 Å². The van der Waals surface area contributed by atoms with Crippen LogP contribution >= 0.6 is 0 Å². The predicted octanol–water partition coefficient (Wildman–Crippen LogP) is -0.0954. The summed E-state index contributed by atoms with van der Waals surface area (Å²) in [5, 5.41) is 6.88. The van der Waals surface area contributed by atoms with Crippen molar-refractivity contribution in [3.8, 4) is 0 Å². The zero-order chi connectivity index (χ0) is 11.4. The molecule has 3 atom stereocenters. The van der Waals surface area contributed by atoms with E-state index in [-0.39, 0.29) is 0 Å². The van der Waals surface area contributed by atoms with Crippen molar-refractivity contribution in [2.75, 3.05) is 46.9 Å². The molecule has 0 aromatic rings. The van der Waals surface area contributed by atoms with Crippen LogP contribution in [0.3, 0.4) is 0 Å². The van der Waals surface area contributed by atoms with E-state index in [1.807, 2.05) is 0 Å². The van der Waals surface area contributed by atoms with Crippen LogP contribution in [0.15, 0.2) is 0 Å². The van der Waals surface area contributed by atoms with E-state index in [1.165, 1.54) is 19.5 Å². The lowest BCUT2D eigenvalue weighted by Gasteiger charge is -2.30. The quantitative estimate of drug-likeness (QED) is 0.703. The lowest BCUT2D eigenvalue weighted by atomic mass is 9.93. The number of hydrogen-bond acceptors (Lipinski definition) is 4. The molecule has 4 nitrogen and oxygen atoms in total. The first kappa shape index (κ1) is 12.3. The van der Waals surface area contributed by atoms with Gasteiger partial charge in [0, 0.05) is 25.7 Å². The maximum Gasteiger partial charge on any atom is 0.0715 e. The fourth-order valence-corrected chi connectivity index (χ4v) is 2.90. The van der Waals surface area contributed by atoms with E-state index < -0.39 is 0 Å². The van der Waals surface area contributed by atoms with E-state index >= 15 is 0 Å². The minimum Gasteiger partial charge on any atom is -0.376 e. The first-order valence-corrected chi connectivity index (χ1v) is 6.47. The minimum absolute atomic E-state index is 0.400. The summed E-state index contributed by atoms with van der Waals surface area (Å²) in [7, 11) is 4.30. The third kappa shape index (κ3) is 3.17. The molecule has 2 N–H and O–H groups in total. The number of ether oxygens (including phenoxy) is 1. The molecule has 0 radical (unpaired) electrons. The summed E-state index contributed by atoms with van der Waals surface area (Å²) in [6, 6.07) is 0.606. The molecule has 0 aromatic heterocycles. The van der Waals surface area contributed by atoms with Crippen LogP contribution in [0.5, 0.6) is 0 Å². The molecule has 2 rings (SSSR count). The van der Waals surface area contributed by atoms with Gasteiger partial charge in [-0.15, -0.1) is 0 Å². The van der Waals surface area contributed by atoms with Crippen molar-refractivity contribution in [2.24, 2.45) is 5.92 Å². The van der Waals surface area contributed by atoms with Crippen LogP contribution in [0.4, 0.5) is 0 Å². The van der Waals surface area contributed by atoms with Gasteiger partial charge in [-0.05, 0) is 39.4 Å². The molecule has 2 aliphatic rings. The van der Waals surface area contributed by atoms with Crippen molar-refractivity contribution in [1.29, 1.82) is 0 Å². The monoisotopic (exact) mass is 227 g/mol. The highest BCUT2D eigenvalue weighted by atomic mass is 16.5. The highest BCUT2D eigenvalue weighted by Crippen LogP contribution is 2.22. The molecule has 0 aliphatic carbocycles. The zero-order valence-electron chi connectivity index (χ0n) is 10.5. The average Bonchev–Trinajstić information content (AvgIpc) is 2.74. The second-order valence-electron chi connectivity index (χ2n) is 5.14. The second-order valence-corrected chi connectivity index (χ2v) is 5.14. The second kappa shape index (κ2) is 5.96. The molecule has 16 heavy (non-hydrogen) atoms. The first-order valence-electron chi connectivity index (χ1n) is 6.47. The standard InChI is InChI=1S/C12H25N3O/c1-13-12(10-3-5-15(2)9-10)7-11-8-14-4-6-16-11/h10-14H,3-9H2,1-2H3. The third-order valence-corrected chi connectivity index (χ3v) is 3.89. The Morgan fingerprint density at radius 2 is 2.44 bits per heavy atom. The molecule has 2 fully saturated rings. The van der Waals surface area contributed by atoms with Crippen LogP contribution in [-0.2, 0) is 4.74 Å². The van der Waals surface area contributed by atoms with Gasteiger partial charge in [-0.25, -0.2) is 0 Å². The summed E-state index contributed by atoms with van der Waals surface area (Å²) in [6.07, 6.45) is 2.86. The molecule has 0 spiro atoms. The molecule has 2 aliphatic heterocycles. The molecule has 0 saturated carbocycles. The zero-order valence-corrected chi connectivity index (χ0v) is 10.5. The van der Waals surface area contributed by atoms with E-state index in [9.17, 15) is 0 Å². The van der Waals surface area contributed by atoms with Crippen molar-refractivity contribution in [3.05, 3.63) is 0 Å². The van der Waals surface area contributed by atoms with Crippen LogP contribution in [0.2, 0.25) is 0 Å². The van der Waals surface area contributed by atoms with E-state index in [2.05, 4.69) is 29.6 Å². The average molecular weight is 227 g/mol. The Labute approximate surface area is 98.7 Å². The number of rotatable bonds is 4. The van der Waals surface area contributed by atoms with Gasteiger partial charge in [0.05, 0.1) is 12.7 Å². The molecule has 4 heteroatoms. The molecule has 2 heterocycles.